The number of methoxy groups -OCH3 is 1. The van der Waals surface area contributed by atoms with Crippen LogP contribution in [0.4, 0.5) is 0 Å². The van der Waals surface area contributed by atoms with E-state index < -0.39 is 0 Å². The molecule has 11 heavy (non-hydrogen) atoms. The van der Waals surface area contributed by atoms with Crippen LogP contribution in [0.5, 0.6) is 5.88 Å². The van der Waals surface area contributed by atoms with Gasteiger partial charge in [0.15, 0.2) is 0 Å². The topological polar surface area (TPSA) is 73.1 Å². The Kier molecular flexibility index (Phi) is 2.76. The minimum absolute atomic E-state index is 0.455. The number of rotatable bonds is 3. The van der Waals surface area contributed by atoms with Crippen LogP contribution < -0.4 is 16.0 Å². The third-order valence-electron chi connectivity index (χ3n) is 1.20. The number of nitrogens with two attached hydrogens (primary N) is 1. The summed E-state index contributed by atoms with van der Waals surface area (Å²) in [6.07, 6.45) is 3.16. The van der Waals surface area contributed by atoms with Gasteiger partial charge in [-0.3, -0.25) is 16.3 Å². The van der Waals surface area contributed by atoms with Crippen molar-refractivity contribution in [2.24, 2.45) is 5.84 Å². The first-order chi connectivity index (χ1) is 5.38. The molecule has 0 radical (unpaired) electrons. The summed E-state index contributed by atoms with van der Waals surface area (Å²) in [5, 5.41) is 0. The zero-order chi connectivity index (χ0) is 8.10. The van der Waals surface area contributed by atoms with Gasteiger partial charge in [0.2, 0.25) is 5.88 Å². The number of hydrogen-bond acceptors (Lipinski definition) is 5. The molecule has 0 aliphatic heterocycles. The third kappa shape index (κ3) is 1.86. The van der Waals surface area contributed by atoms with Crippen LogP contribution in [0.2, 0.25) is 0 Å². The lowest BCUT2D eigenvalue weighted by Gasteiger charge is -2.03. The van der Waals surface area contributed by atoms with Crippen LogP contribution in [0.25, 0.3) is 0 Å². The first-order valence-corrected chi connectivity index (χ1v) is 3.16. The fourth-order valence-corrected chi connectivity index (χ4v) is 0.743. The van der Waals surface area contributed by atoms with Crippen molar-refractivity contribution in [2.75, 3.05) is 7.11 Å². The monoisotopic (exact) mass is 154 g/mol. The summed E-state index contributed by atoms with van der Waals surface area (Å²) in [6, 6.07) is 0. The number of aromatic nitrogens is 2. The lowest BCUT2D eigenvalue weighted by atomic mass is 10.4. The third-order valence-corrected chi connectivity index (χ3v) is 1.20. The van der Waals surface area contributed by atoms with Crippen molar-refractivity contribution in [1.82, 2.24) is 15.4 Å². The molecule has 0 aromatic carbocycles. The summed E-state index contributed by atoms with van der Waals surface area (Å²) in [7, 11) is 1.55. The van der Waals surface area contributed by atoms with Gasteiger partial charge in [-0.1, -0.05) is 0 Å². The first kappa shape index (κ1) is 7.90. The summed E-state index contributed by atoms with van der Waals surface area (Å²) >= 11 is 0. The maximum atomic E-state index is 5.11. The first-order valence-electron chi connectivity index (χ1n) is 3.16. The molecule has 0 unspecified atom stereocenters. The van der Waals surface area contributed by atoms with Crippen LogP contribution >= 0.6 is 0 Å². The molecule has 1 aromatic rings. The molecule has 0 spiro atoms. The predicted octanol–water partition coefficient (Wildman–Crippen LogP) is -0.552. The van der Waals surface area contributed by atoms with Gasteiger partial charge in [0, 0.05) is 12.4 Å². The quantitative estimate of drug-likeness (QED) is 0.451. The Hall–Kier alpha value is -1.20. The normalized spacial score (nSPS) is 9.64. The molecule has 0 saturated heterocycles. The summed E-state index contributed by atoms with van der Waals surface area (Å²) in [6.45, 7) is 0.455. The predicted molar refractivity (Wildman–Crippen MR) is 39.6 cm³/mol. The molecule has 5 heteroatoms. The van der Waals surface area contributed by atoms with E-state index in [1.54, 1.807) is 19.5 Å². The fraction of sp³-hybridized carbons (Fsp3) is 0.333. The van der Waals surface area contributed by atoms with Crippen molar-refractivity contribution in [2.45, 2.75) is 6.54 Å². The van der Waals surface area contributed by atoms with Gasteiger partial charge in [-0.2, -0.15) is 0 Å². The largest absolute Gasteiger partial charge is 0.480 e. The molecule has 0 amide bonds. The van der Waals surface area contributed by atoms with Gasteiger partial charge < -0.3 is 4.74 Å². The Morgan fingerprint density at radius 2 is 2.27 bits per heavy atom. The molecule has 1 heterocycles. The number of hydrazine groups is 1. The lowest BCUT2D eigenvalue weighted by molar-refractivity contribution is 0.387. The molecule has 1 rings (SSSR count). The number of nitrogens with one attached hydrogen (secondary N) is 1. The zero-order valence-corrected chi connectivity index (χ0v) is 6.24. The average Bonchev–Trinajstić information content (AvgIpc) is 2.06. The van der Waals surface area contributed by atoms with Crippen LogP contribution in [-0.2, 0) is 6.54 Å². The molecule has 1 aromatic heterocycles. The Bertz CT molecular complexity index is 228. The van der Waals surface area contributed by atoms with E-state index in [0.717, 1.165) is 0 Å². The Morgan fingerprint density at radius 1 is 1.55 bits per heavy atom. The molecule has 0 aliphatic carbocycles. The van der Waals surface area contributed by atoms with Crippen LogP contribution in [0, 0.1) is 0 Å². The summed E-state index contributed by atoms with van der Waals surface area (Å²) < 4.78 is 4.93. The van der Waals surface area contributed by atoms with E-state index in [-0.39, 0.29) is 0 Å². The molecule has 0 aliphatic rings. The minimum atomic E-state index is 0.455. The Morgan fingerprint density at radius 3 is 2.91 bits per heavy atom. The zero-order valence-electron chi connectivity index (χ0n) is 6.24. The van der Waals surface area contributed by atoms with E-state index in [9.17, 15) is 0 Å². The second kappa shape index (κ2) is 3.85. The Labute approximate surface area is 64.6 Å². The van der Waals surface area contributed by atoms with Gasteiger partial charge in [-0.25, -0.2) is 4.98 Å². The van der Waals surface area contributed by atoms with Crippen molar-refractivity contribution in [3.8, 4) is 5.88 Å². The molecule has 0 saturated carbocycles. The maximum Gasteiger partial charge on any atom is 0.236 e. The van der Waals surface area contributed by atoms with Crippen LogP contribution in [0.3, 0.4) is 0 Å². The van der Waals surface area contributed by atoms with E-state index >= 15 is 0 Å². The summed E-state index contributed by atoms with van der Waals surface area (Å²) in [4.78, 5) is 7.94. The van der Waals surface area contributed by atoms with Crippen LogP contribution in [0.1, 0.15) is 5.69 Å². The highest BCUT2D eigenvalue weighted by Gasteiger charge is 2.01. The van der Waals surface area contributed by atoms with E-state index in [1.165, 1.54) is 0 Å². The van der Waals surface area contributed by atoms with Gasteiger partial charge in [-0.15, -0.1) is 0 Å². The highest BCUT2D eigenvalue weighted by Crippen LogP contribution is 2.08. The van der Waals surface area contributed by atoms with E-state index in [2.05, 4.69) is 15.4 Å². The van der Waals surface area contributed by atoms with Gasteiger partial charge >= 0.3 is 0 Å². The second-order valence-corrected chi connectivity index (χ2v) is 1.89. The number of ether oxygens (including phenoxy) is 1. The molecule has 0 bridgehead atoms. The highest BCUT2D eigenvalue weighted by atomic mass is 16.5. The molecule has 5 nitrogen and oxygen atoms in total. The fourth-order valence-electron chi connectivity index (χ4n) is 0.743. The SMILES string of the molecule is COc1nccnc1CNN. The smallest absolute Gasteiger partial charge is 0.236 e. The van der Waals surface area contributed by atoms with Crippen molar-refractivity contribution in [3.63, 3.8) is 0 Å². The maximum absolute atomic E-state index is 5.11. The summed E-state index contributed by atoms with van der Waals surface area (Å²) in [5.74, 6) is 5.62. The van der Waals surface area contributed by atoms with Crippen molar-refractivity contribution >= 4 is 0 Å². The number of hydrogen-bond donors (Lipinski definition) is 2. The molecule has 3 N–H and O–H groups in total. The lowest BCUT2D eigenvalue weighted by Crippen LogP contribution is -2.22. The number of nitrogens with zero attached hydrogens (tertiary/aromatic N) is 2. The molecular formula is C6H10N4O. The molecule has 60 valence electrons. The summed E-state index contributed by atoms with van der Waals surface area (Å²) in [5.41, 5.74) is 3.18. The second-order valence-electron chi connectivity index (χ2n) is 1.89. The highest BCUT2D eigenvalue weighted by molar-refractivity contribution is 5.16. The van der Waals surface area contributed by atoms with Gasteiger partial charge in [0.25, 0.3) is 0 Å². The van der Waals surface area contributed by atoms with Crippen molar-refractivity contribution < 1.29 is 4.74 Å². The average molecular weight is 154 g/mol. The molecular weight excluding hydrogens is 144 g/mol. The van der Waals surface area contributed by atoms with E-state index in [1.807, 2.05) is 0 Å². The van der Waals surface area contributed by atoms with E-state index in [4.69, 9.17) is 10.6 Å². The van der Waals surface area contributed by atoms with Crippen molar-refractivity contribution in [1.29, 1.82) is 0 Å². The van der Waals surface area contributed by atoms with Crippen LogP contribution in [0.15, 0.2) is 12.4 Å². The van der Waals surface area contributed by atoms with E-state index in [0.29, 0.717) is 18.1 Å². The van der Waals surface area contributed by atoms with Gasteiger partial charge in [0.05, 0.1) is 13.7 Å². The standard InChI is InChI=1S/C6H10N4O/c1-11-6-5(4-10-7)8-2-3-9-6/h2-3,10H,4,7H2,1H3. The van der Waals surface area contributed by atoms with Gasteiger partial charge in [0.1, 0.15) is 5.69 Å². The molecule has 0 fully saturated rings. The minimum Gasteiger partial charge on any atom is -0.480 e. The van der Waals surface area contributed by atoms with Crippen LogP contribution in [-0.4, -0.2) is 17.1 Å². The van der Waals surface area contributed by atoms with Crippen molar-refractivity contribution in [3.05, 3.63) is 18.1 Å². The van der Waals surface area contributed by atoms with Gasteiger partial charge in [-0.05, 0) is 0 Å². The molecule has 0 atom stereocenters. The Balaban J connectivity index is 2.83.